The number of hydrogen-bond acceptors (Lipinski definition) is 2. The van der Waals surface area contributed by atoms with Gasteiger partial charge in [-0.2, -0.15) is 0 Å². The number of aromatic hydroxyl groups is 2. The summed E-state index contributed by atoms with van der Waals surface area (Å²) in [5, 5.41) is 20.5. The molecule has 0 aliphatic carbocycles. The van der Waals surface area contributed by atoms with Crippen LogP contribution < -0.4 is 5.32 Å². The Kier molecular flexibility index (Phi) is 3.62. The average molecular weight is 230 g/mol. The second-order valence-electron chi connectivity index (χ2n) is 4.03. The molecule has 0 atom stereocenters. The van der Waals surface area contributed by atoms with Crippen LogP contribution in [0.4, 0.5) is 0 Å². The molecule has 0 radical (unpaired) electrons. The second kappa shape index (κ2) is 5.37. The Morgan fingerprint density at radius 2 is 1.00 bits per heavy atom. The highest BCUT2D eigenvalue weighted by molar-refractivity contribution is 5.26. The molecular formula is C14H16NO2+. The molecule has 2 aromatic rings. The molecule has 0 aliphatic heterocycles. The zero-order chi connectivity index (χ0) is 12.1. The molecule has 0 fully saturated rings. The van der Waals surface area contributed by atoms with Crippen molar-refractivity contribution in [1.82, 2.24) is 0 Å². The Bertz CT molecular complexity index is 417. The molecule has 88 valence electrons. The Morgan fingerprint density at radius 3 is 1.35 bits per heavy atom. The summed E-state index contributed by atoms with van der Waals surface area (Å²) >= 11 is 0. The molecule has 2 aromatic carbocycles. The van der Waals surface area contributed by atoms with Crippen molar-refractivity contribution in [2.24, 2.45) is 0 Å². The fraction of sp³-hybridized carbons (Fsp3) is 0.143. The van der Waals surface area contributed by atoms with Crippen LogP contribution in [0.25, 0.3) is 0 Å². The van der Waals surface area contributed by atoms with Gasteiger partial charge in [0.05, 0.1) is 0 Å². The average Bonchev–Trinajstić information content (AvgIpc) is 2.34. The fourth-order valence-corrected chi connectivity index (χ4v) is 1.67. The van der Waals surface area contributed by atoms with Crippen LogP contribution in [-0.2, 0) is 13.1 Å². The molecule has 3 nitrogen and oxygen atoms in total. The third-order valence-electron chi connectivity index (χ3n) is 2.63. The lowest BCUT2D eigenvalue weighted by Gasteiger charge is -2.02. The van der Waals surface area contributed by atoms with Crippen molar-refractivity contribution >= 4 is 0 Å². The van der Waals surface area contributed by atoms with E-state index >= 15 is 0 Å². The first-order valence-electron chi connectivity index (χ1n) is 5.61. The van der Waals surface area contributed by atoms with Gasteiger partial charge >= 0.3 is 0 Å². The van der Waals surface area contributed by atoms with Crippen molar-refractivity contribution in [2.75, 3.05) is 0 Å². The van der Waals surface area contributed by atoms with E-state index < -0.39 is 0 Å². The van der Waals surface area contributed by atoms with Gasteiger partial charge in [-0.3, -0.25) is 0 Å². The van der Waals surface area contributed by atoms with Gasteiger partial charge < -0.3 is 15.5 Å². The Labute approximate surface area is 100 Å². The molecule has 0 heterocycles. The SMILES string of the molecule is Oc1ccc(C[NH2+]Cc2ccc(O)cc2)cc1. The van der Waals surface area contributed by atoms with Crippen LogP contribution >= 0.6 is 0 Å². The van der Waals surface area contributed by atoms with Gasteiger partial charge in [0.1, 0.15) is 24.6 Å². The molecule has 0 amide bonds. The fourth-order valence-electron chi connectivity index (χ4n) is 1.67. The number of rotatable bonds is 4. The van der Waals surface area contributed by atoms with E-state index in [1.165, 1.54) is 11.1 Å². The Balaban J connectivity index is 1.83. The lowest BCUT2D eigenvalue weighted by atomic mass is 10.2. The minimum Gasteiger partial charge on any atom is -0.508 e. The maximum atomic E-state index is 9.15. The van der Waals surface area contributed by atoms with Gasteiger partial charge in [-0.15, -0.1) is 0 Å². The molecule has 0 spiro atoms. The van der Waals surface area contributed by atoms with E-state index in [0.717, 1.165) is 13.1 Å². The summed E-state index contributed by atoms with van der Waals surface area (Å²) < 4.78 is 0. The van der Waals surface area contributed by atoms with E-state index in [-0.39, 0.29) is 0 Å². The molecule has 4 N–H and O–H groups in total. The zero-order valence-electron chi connectivity index (χ0n) is 9.50. The van der Waals surface area contributed by atoms with Crippen LogP contribution in [0.5, 0.6) is 11.5 Å². The normalized spacial score (nSPS) is 10.4. The van der Waals surface area contributed by atoms with Crippen LogP contribution in [-0.4, -0.2) is 10.2 Å². The van der Waals surface area contributed by atoms with Gasteiger partial charge in [0.15, 0.2) is 0 Å². The molecular weight excluding hydrogens is 214 g/mol. The molecule has 0 bridgehead atoms. The van der Waals surface area contributed by atoms with Gasteiger partial charge in [-0.1, -0.05) is 0 Å². The highest BCUT2D eigenvalue weighted by Crippen LogP contribution is 2.09. The maximum Gasteiger partial charge on any atom is 0.115 e. The predicted molar refractivity (Wildman–Crippen MR) is 65.5 cm³/mol. The van der Waals surface area contributed by atoms with Gasteiger partial charge in [0.25, 0.3) is 0 Å². The first-order valence-corrected chi connectivity index (χ1v) is 5.61. The van der Waals surface area contributed by atoms with Crippen LogP contribution in [0.3, 0.4) is 0 Å². The van der Waals surface area contributed by atoms with Gasteiger partial charge in [0, 0.05) is 11.1 Å². The number of benzene rings is 2. The maximum absolute atomic E-state index is 9.15. The van der Waals surface area contributed by atoms with Crippen molar-refractivity contribution in [2.45, 2.75) is 13.1 Å². The molecule has 0 aromatic heterocycles. The number of phenolic OH excluding ortho intramolecular Hbond substituents is 2. The molecule has 0 aliphatic rings. The van der Waals surface area contributed by atoms with Crippen LogP contribution in [0.1, 0.15) is 11.1 Å². The van der Waals surface area contributed by atoms with E-state index in [4.69, 9.17) is 10.2 Å². The van der Waals surface area contributed by atoms with Crippen molar-refractivity contribution in [3.63, 3.8) is 0 Å². The summed E-state index contributed by atoms with van der Waals surface area (Å²) in [5.41, 5.74) is 2.36. The van der Waals surface area contributed by atoms with E-state index in [1.807, 2.05) is 24.3 Å². The highest BCUT2D eigenvalue weighted by Gasteiger charge is 1.98. The second-order valence-corrected chi connectivity index (χ2v) is 4.03. The summed E-state index contributed by atoms with van der Waals surface area (Å²) in [6.07, 6.45) is 0. The van der Waals surface area contributed by atoms with Crippen LogP contribution in [0.2, 0.25) is 0 Å². The van der Waals surface area contributed by atoms with E-state index in [9.17, 15) is 0 Å². The van der Waals surface area contributed by atoms with Gasteiger partial charge in [-0.05, 0) is 48.5 Å². The summed E-state index contributed by atoms with van der Waals surface area (Å²) in [6, 6.07) is 14.5. The smallest absolute Gasteiger partial charge is 0.115 e. The minimum atomic E-state index is 0.298. The predicted octanol–water partition coefficient (Wildman–Crippen LogP) is 1.36. The standard InChI is InChI=1S/C14H15NO2/c16-13-5-1-11(2-6-13)9-15-10-12-3-7-14(17)8-4-12/h1-8,15-17H,9-10H2/p+1. The molecule has 3 heteroatoms. The summed E-state index contributed by atoms with van der Waals surface area (Å²) in [4.78, 5) is 0. The third kappa shape index (κ3) is 3.50. The van der Waals surface area contributed by atoms with Crippen LogP contribution in [0.15, 0.2) is 48.5 Å². The summed E-state index contributed by atoms with van der Waals surface area (Å²) in [5.74, 6) is 0.597. The van der Waals surface area contributed by atoms with Crippen molar-refractivity contribution in [3.05, 3.63) is 59.7 Å². The van der Waals surface area contributed by atoms with E-state index in [2.05, 4.69) is 5.32 Å². The third-order valence-corrected chi connectivity index (χ3v) is 2.63. The summed E-state index contributed by atoms with van der Waals surface area (Å²) in [7, 11) is 0. The summed E-state index contributed by atoms with van der Waals surface area (Å²) in [6.45, 7) is 1.75. The number of phenols is 2. The highest BCUT2D eigenvalue weighted by atomic mass is 16.3. The molecule has 17 heavy (non-hydrogen) atoms. The van der Waals surface area contributed by atoms with E-state index in [1.54, 1.807) is 24.3 Å². The molecule has 0 unspecified atom stereocenters. The lowest BCUT2D eigenvalue weighted by Crippen LogP contribution is -2.80. The lowest BCUT2D eigenvalue weighted by molar-refractivity contribution is -0.686. The molecule has 2 rings (SSSR count). The minimum absolute atomic E-state index is 0.298. The van der Waals surface area contributed by atoms with Gasteiger partial charge in [0.2, 0.25) is 0 Å². The van der Waals surface area contributed by atoms with Crippen molar-refractivity contribution < 1.29 is 15.5 Å². The van der Waals surface area contributed by atoms with E-state index in [0.29, 0.717) is 11.5 Å². The number of quaternary nitrogens is 1. The first kappa shape index (κ1) is 11.5. The quantitative estimate of drug-likeness (QED) is 0.743. The first-order chi connectivity index (χ1) is 8.24. The monoisotopic (exact) mass is 230 g/mol. The Morgan fingerprint density at radius 1 is 0.647 bits per heavy atom. The largest absolute Gasteiger partial charge is 0.508 e. The van der Waals surface area contributed by atoms with Gasteiger partial charge in [-0.25, -0.2) is 0 Å². The van der Waals surface area contributed by atoms with Crippen molar-refractivity contribution in [1.29, 1.82) is 0 Å². The zero-order valence-corrected chi connectivity index (χ0v) is 9.50. The number of nitrogens with two attached hydrogens (primary N) is 1. The molecule has 0 saturated heterocycles. The van der Waals surface area contributed by atoms with Crippen molar-refractivity contribution in [3.8, 4) is 11.5 Å². The topological polar surface area (TPSA) is 57.1 Å². The van der Waals surface area contributed by atoms with Crippen LogP contribution in [0, 0.1) is 0 Å². The number of hydrogen-bond donors (Lipinski definition) is 3. The molecule has 0 saturated carbocycles. The Hall–Kier alpha value is -2.00.